The molecule has 154 valence electrons. The molecule has 0 unspecified atom stereocenters. The lowest BCUT2D eigenvalue weighted by molar-refractivity contribution is 0.0946. The van der Waals surface area contributed by atoms with Gasteiger partial charge < -0.3 is 10.2 Å². The fraction of sp³-hybridized carbons (Fsp3) is 0.333. The molecule has 6 nitrogen and oxygen atoms in total. The highest BCUT2D eigenvalue weighted by Gasteiger charge is 2.28. The van der Waals surface area contributed by atoms with Gasteiger partial charge >= 0.3 is 0 Å². The summed E-state index contributed by atoms with van der Waals surface area (Å²) < 4.78 is 22.4. The van der Waals surface area contributed by atoms with E-state index in [-0.39, 0.29) is 11.9 Å². The predicted molar refractivity (Wildman–Crippen MR) is 116 cm³/mol. The molecule has 1 N–H and O–H groups in total. The van der Waals surface area contributed by atoms with Crippen LogP contribution in [0.2, 0.25) is 5.02 Å². The number of hydrogen-bond acceptors (Lipinski definition) is 5. The molecular formula is C21H24ClN3O3S. The van der Waals surface area contributed by atoms with Crippen LogP contribution in [-0.2, 0) is 9.84 Å². The predicted octanol–water partition coefficient (Wildman–Crippen LogP) is 3.75. The zero-order chi connectivity index (χ0) is 21.0. The van der Waals surface area contributed by atoms with Gasteiger partial charge in [-0.2, -0.15) is 0 Å². The lowest BCUT2D eigenvalue weighted by Crippen LogP contribution is -2.31. The minimum absolute atomic E-state index is 0.164. The highest BCUT2D eigenvalue weighted by atomic mass is 35.5. The van der Waals surface area contributed by atoms with E-state index in [4.69, 9.17) is 11.6 Å². The highest BCUT2D eigenvalue weighted by molar-refractivity contribution is 7.93. The molecule has 3 rings (SSSR count). The van der Waals surface area contributed by atoms with Crippen LogP contribution in [0.5, 0.6) is 0 Å². The minimum atomic E-state index is -3.23. The summed E-state index contributed by atoms with van der Waals surface area (Å²) in [7, 11) is -3.23. The fourth-order valence-corrected chi connectivity index (χ4v) is 4.18. The summed E-state index contributed by atoms with van der Waals surface area (Å²) in [5.74, 6) is 0.493. The second kappa shape index (κ2) is 8.97. The molecule has 1 aromatic carbocycles. The molecule has 1 amide bonds. The first-order valence-corrected chi connectivity index (χ1v) is 11.7. The zero-order valence-corrected chi connectivity index (χ0v) is 17.9. The smallest absolute Gasteiger partial charge is 0.253 e. The zero-order valence-electron chi connectivity index (χ0n) is 16.4. The molecule has 8 heteroatoms. The van der Waals surface area contributed by atoms with Crippen LogP contribution in [0, 0.1) is 0 Å². The van der Waals surface area contributed by atoms with Crippen molar-refractivity contribution in [3.8, 4) is 0 Å². The average Bonchev–Trinajstić information content (AvgIpc) is 3.16. The molecule has 0 aliphatic carbocycles. The van der Waals surface area contributed by atoms with Crippen LogP contribution < -0.4 is 10.2 Å². The van der Waals surface area contributed by atoms with E-state index in [0.29, 0.717) is 5.56 Å². The lowest BCUT2D eigenvalue weighted by atomic mass is 10.0. The molecule has 1 fully saturated rings. The fourth-order valence-electron chi connectivity index (χ4n) is 3.40. The number of halogens is 1. The normalized spacial score (nSPS) is 18.2. The third-order valence-electron chi connectivity index (χ3n) is 4.79. The van der Waals surface area contributed by atoms with E-state index in [9.17, 15) is 13.2 Å². The monoisotopic (exact) mass is 433 g/mol. The highest BCUT2D eigenvalue weighted by Crippen LogP contribution is 2.38. The van der Waals surface area contributed by atoms with E-state index >= 15 is 0 Å². The Morgan fingerprint density at radius 1 is 1.31 bits per heavy atom. The Balaban J connectivity index is 1.70. The van der Waals surface area contributed by atoms with Gasteiger partial charge in [0.15, 0.2) is 9.84 Å². The molecule has 0 bridgehead atoms. The molecule has 2 aromatic rings. The van der Waals surface area contributed by atoms with Crippen molar-refractivity contribution in [2.24, 2.45) is 0 Å². The van der Waals surface area contributed by atoms with Crippen LogP contribution in [0.15, 0.2) is 54.1 Å². The van der Waals surface area contributed by atoms with Gasteiger partial charge in [-0.3, -0.25) is 4.79 Å². The molecule has 2 atom stereocenters. The summed E-state index contributed by atoms with van der Waals surface area (Å²) in [5.41, 5.74) is 1.50. The Labute approximate surface area is 176 Å². The molecule has 1 aliphatic heterocycles. The first-order valence-electron chi connectivity index (χ1n) is 9.41. The number of sulfone groups is 1. The van der Waals surface area contributed by atoms with Crippen molar-refractivity contribution in [1.82, 2.24) is 10.3 Å². The SMILES string of the molecule is C[C@H](/C=C/S(C)(=O)=O)NC(=O)c1ccc(N2CCC[C@H]2c2ccccc2Cl)nc1. The number of carbonyl (C=O) groups excluding carboxylic acids is 1. The van der Waals surface area contributed by atoms with Gasteiger partial charge in [0.1, 0.15) is 5.82 Å². The van der Waals surface area contributed by atoms with Crippen molar-refractivity contribution < 1.29 is 13.2 Å². The standard InChI is InChI=1S/C21H24ClN3O3S/c1-15(11-13-29(2,27)28)24-21(26)16-9-10-20(23-14-16)25-12-5-8-19(25)17-6-3-4-7-18(17)22/h3-4,6-7,9-11,13-15,19H,5,8,12H2,1-2H3,(H,24,26)/b13-11+/t15-,19+/m1/s1. The van der Waals surface area contributed by atoms with Crippen molar-refractivity contribution in [1.29, 1.82) is 0 Å². The van der Waals surface area contributed by atoms with E-state index in [1.54, 1.807) is 19.2 Å². The van der Waals surface area contributed by atoms with Crippen LogP contribution in [0.3, 0.4) is 0 Å². The van der Waals surface area contributed by atoms with Crippen molar-refractivity contribution in [3.63, 3.8) is 0 Å². The number of amides is 1. The van der Waals surface area contributed by atoms with Gasteiger partial charge in [-0.05, 0) is 43.5 Å². The van der Waals surface area contributed by atoms with Crippen molar-refractivity contribution >= 4 is 33.2 Å². The van der Waals surface area contributed by atoms with E-state index in [0.717, 1.165) is 47.5 Å². The number of anilines is 1. The number of nitrogens with one attached hydrogen (secondary N) is 1. The second-order valence-corrected chi connectivity index (χ2v) is 9.54. The Kier molecular flexibility index (Phi) is 6.59. The molecule has 0 saturated carbocycles. The number of hydrogen-bond donors (Lipinski definition) is 1. The Hall–Kier alpha value is -2.38. The Morgan fingerprint density at radius 2 is 2.07 bits per heavy atom. The van der Waals surface area contributed by atoms with Crippen LogP contribution >= 0.6 is 11.6 Å². The van der Waals surface area contributed by atoms with Crippen molar-refractivity contribution in [3.05, 3.63) is 70.2 Å². The van der Waals surface area contributed by atoms with Gasteiger partial charge in [-0.15, -0.1) is 0 Å². The van der Waals surface area contributed by atoms with Gasteiger partial charge in [-0.1, -0.05) is 35.9 Å². The molecule has 1 aromatic heterocycles. The number of benzene rings is 1. The first kappa shape index (κ1) is 21.3. The number of pyridine rings is 1. The topological polar surface area (TPSA) is 79.4 Å². The van der Waals surface area contributed by atoms with Crippen LogP contribution in [0.4, 0.5) is 5.82 Å². The first-order chi connectivity index (χ1) is 13.7. The third-order valence-corrected chi connectivity index (χ3v) is 5.79. The largest absolute Gasteiger partial charge is 0.350 e. The van der Waals surface area contributed by atoms with E-state index < -0.39 is 15.9 Å². The van der Waals surface area contributed by atoms with Gasteiger partial charge in [0, 0.05) is 35.5 Å². The van der Waals surface area contributed by atoms with Gasteiger partial charge in [-0.25, -0.2) is 13.4 Å². The molecule has 0 spiro atoms. The van der Waals surface area contributed by atoms with E-state index in [1.807, 2.05) is 30.3 Å². The summed E-state index contributed by atoms with van der Waals surface area (Å²) in [4.78, 5) is 19.1. The lowest BCUT2D eigenvalue weighted by Gasteiger charge is -2.27. The quantitative estimate of drug-likeness (QED) is 0.750. The third kappa shape index (κ3) is 5.58. The maximum atomic E-state index is 12.4. The van der Waals surface area contributed by atoms with E-state index in [1.165, 1.54) is 6.08 Å². The summed E-state index contributed by atoms with van der Waals surface area (Å²) >= 11 is 6.38. The van der Waals surface area contributed by atoms with Crippen LogP contribution in [0.1, 0.15) is 41.7 Å². The second-order valence-electron chi connectivity index (χ2n) is 7.20. The summed E-state index contributed by atoms with van der Waals surface area (Å²) in [5, 5.41) is 4.57. The van der Waals surface area contributed by atoms with Gasteiger partial charge in [0.25, 0.3) is 5.91 Å². The molecule has 1 saturated heterocycles. The molecule has 2 heterocycles. The molecule has 29 heavy (non-hydrogen) atoms. The average molecular weight is 434 g/mol. The van der Waals surface area contributed by atoms with Gasteiger partial charge in [0.2, 0.25) is 0 Å². The maximum Gasteiger partial charge on any atom is 0.253 e. The van der Waals surface area contributed by atoms with Crippen molar-refractivity contribution in [2.75, 3.05) is 17.7 Å². The van der Waals surface area contributed by atoms with Crippen LogP contribution in [0.25, 0.3) is 0 Å². The number of aromatic nitrogens is 1. The van der Waals surface area contributed by atoms with E-state index in [2.05, 4.69) is 15.2 Å². The number of rotatable bonds is 6. The Morgan fingerprint density at radius 3 is 2.72 bits per heavy atom. The summed E-state index contributed by atoms with van der Waals surface area (Å²) in [6.07, 6.45) is 6.13. The summed E-state index contributed by atoms with van der Waals surface area (Å²) in [6.45, 7) is 2.58. The molecule has 1 aliphatic rings. The van der Waals surface area contributed by atoms with Gasteiger partial charge in [0.05, 0.1) is 11.6 Å². The maximum absolute atomic E-state index is 12.4. The van der Waals surface area contributed by atoms with Crippen molar-refractivity contribution in [2.45, 2.75) is 31.8 Å². The molecular weight excluding hydrogens is 410 g/mol. The molecule has 0 radical (unpaired) electrons. The Bertz CT molecular complexity index is 1010. The minimum Gasteiger partial charge on any atom is -0.350 e. The van der Waals surface area contributed by atoms with Crippen LogP contribution in [-0.4, -0.2) is 38.2 Å². The summed E-state index contributed by atoms with van der Waals surface area (Å²) in [6, 6.07) is 11.2. The number of carbonyl (C=O) groups is 1. The number of nitrogens with zero attached hydrogens (tertiary/aromatic N) is 2.